The van der Waals surface area contributed by atoms with Gasteiger partial charge in [-0.05, 0) is 0 Å². The Morgan fingerprint density at radius 2 is 1.17 bits per heavy atom. The first-order valence-corrected chi connectivity index (χ1v) is 16.8. The van der Waals surface area contributed by atoms with Crippen molar-refractivity contribution in [3.05, 3.63) is 18.2 Å². The van der Waals surface area contributed by atoms with Gasteiger partial charge in [0.05, 0.1) is 0 Å². The number of ether oxygens (including phenoxy) is 2. The molecule has 0 bridgehead atoms. The van der Waals surface area contributed by atoms with Crippen LogP contribution >= 0.6 is 0 Å². The third-order valence-corrected chi connectivity index (χ3v) is 17.3. The van der Waals surface area contributed by atoms with Gasteiger partial charge >= 0.3 is 154 Å². The minimum absolute atomic E-state index is 0.805. The topological polar surface area (TPSA) is 27.7 Å². The predicted octanol–water partition coefficient (Wildman–Crippen LogP) is 6.43. The Labute approximate surface area is 153 Å². The number of hydrogen-bond donors (Lipinski definition) is 0. The molecule has 0 saturated carbocycles. The van der Waals surface area contributed by atoms with Crippen LogP contribution in [0.4, 0.5) is 0 Å². The number of unbranched alkanes of at least 4 members (excludes halogenated alkanes) is 3. The van der Waals surface area contributed by atoms with E-state index < -0.39 is 18.8 Å². The van der Waals surface area contributed by atoms with Gasteiger partial charge in [0.15, 0.2) is 0 Å². The van der Waals surface area contributed by atoms with E-state index in [1.807, 2.05) is 18.2 Å². The van der Waals surface area contributed by atoms with Crippen molar-refractivity contribution in [2.75, 3.05) is 14.2 Å². The minimum atomic E-state index is -2.74. The SMILES string of the molecule is CCC[CH2][Sn]([CH2]CCC)([CH2]CCC)[O]c1c(OC)cccc1OC. The summed E-state index contributed by atoms with van der Waals surface area (Å²) < 4.78 is 22.0. The van der Waals surface area contributed by atoms with Crippen LogP contribution in [0.2, 0.25) is 13.3 Å². The second-order valence-electron chi connectivity index (χ2n) is 6.59. The van der Waals surface area contributed by atoms with Gasteiger partial charge in [0, 0.05) is 0 Å². The molecule has 0 N–H and O–H groups in total. The number of methoxy groups -OCH3 is 2. The summed E-state index contributed by atoms with van der Waals surface area (Å²) in [5, 5.41) is 0. The molecule has 138 valence electrons. The molecule has 0 saturated heterocycles. The first-order valence-electron chi connectivity index (χ1n) is 9.56. The van der Waals surface area contributed by atoms with E-state index in [9.17, 15) is 0 Å². The molecule has 0 heterocycles. The van der Waals surface area contributed by atoms with Crippen molar-refractivity contribution in [1.82, 2.24) is 0 Å². The molecule has 0 aliphatic heterocycles. The molecule has 0 atom stereocenters. The number of benzene rings is 1. The van der Waals surface area contributed by atoms with Crippen LogP contribution in [0.25, 0.3) is 0 Å². The molecule has 1 aromatic carbocycles. The average molecular weight is 443 g/mol. The maximum atomic E-state index is 6.91. The van der Waals surface area contributed by atoms with E-state index in [1.165, 1.54) is 51.8 Å². The Morgan fingerprint density at radius 1 is 0.750 bits per heavy atom. The van der Waals surface area contributed by atoms with Crippen LogP contribution in [0.1, 0.15) is 59.3 Å². The molecule has 24 heavy (non-hydrogen) atoms. The summed E-state index contributed by atoms with van der Waals surface area (Å²) in [7, 11) is 3.42. The van der Waals surface area contributed by atoms with Gasteiger partial charge in [-0.2, -0.15) is 0 Å². The third kappa shape index (κ3) is 6.38. The zero-order chi connectivity index (χ0) is 17.8. The van der Waals surface area contributed by atoms with Gasteiger partial charge in [0.1, 0.15) is 0 Å². The van der Waals surface area contributed by atoms with Crippen LogP contribution in [-0.4, -0.2) is 33.0 Å². The number of rotatable bonds is 13. The molecule has 0 radical (unpaired) electrons. The van der Waals surface area contributed by atoms with Crippen LogP contribution in [0, 0.1) is 0 Å². The normalized spacial score (nSPS) is 11.4. The van der Waals surface area contributed by atoms with Crippen LogP contribution in [0.15, 0.2) is 18.2 Å². The molecule has 1 aromatic rings. The predicted molar refractivity (Wildman–Crippen MR) is 105 cm³/mol. The Kier molecular flexibility index (Phi) is 10.6. The van der Waals surface area contributed by atoms with E-state index in [-0.39, 0.29) is 0 Å². The molecule has 3 nitrogen and oxygen atoms in total. The summed E-state index contributed by atoms with van der Waals surface area (Å²) >= 11 is -2.74. The van der Waals surface area contributed by atoms with Crippen LogP contribution in [0.5, 0.6) is 17.2 Å². The van der Waals surface area contributed by atoms with Gasteiger partial charge in [-0.3, -0.25) is 0 Å². The van der Waals surface area contributed by atoms with Gasteiger partial charge in [-0.1, -0.05) is 0 Å². The van der Waals surface area contributed by atoms with Crippen molar-refractivity contribution in [3.63, 3.8) is 0 Å². The van der Waals surface area contributed by atoms with Crippen molar-refractivity contribution < 1.29 is 12.5 Å². The van der Waals surface area contributed by atoms with E-state index in [4.69, 9.17) is 12.5 Å². The van der Waals surface area contributed by atoms with E-state index in [0.717, 1.165) is 17.2 Å². The molecular formula is C20H36O3Sn. The van der Waals surface area contributed by atoms with Gasteiger partial charge < -0.3 is 0 Å². The number of para-hydroxylation sites is 1. The van der Waals surface area contributed by atoms with Gasteiger partial charge in [-0.25, -0.2) is 0 Å². The average Bonchev–Trinajstić information content (AvgIpc) is 2.62. The molecule has 0 unspecified atom stereocenters. The van der Waals surface area contributed by atoms with Gasteiger partial charge in [0.25, 0.3) is 0 Å². The maximum absolute atomic E-state index is 6.91. The molecule has 1 rings (SSSR count). The Balaban J connectivity index is 3.17. The zero-order valence-electron chi connectivity index (χ0n) is 16.3. The summed E-state index contributed by atoms with van der Waals surface area (Å²) in [6.45, 7) is 6.83. The standard InChI is InChI=1S/C8H10O3.3C4H9.Sn/c1-10-6-4-3-5-7(11-2)8(6)9;3*1-3-4-2;/h3-5,9H,1-2H3;3*1,3-4H2,2H3;/q;;;;+1/p-1. The Morgan fingerprint density at radius 3 is 1.50 bits per heavy atom. The van der Waals surface area contributed by atoms with Crippen LogP contribution < -0.4 is 12.5 Å². The van der Waals surface area contributed by atoms with E-state index in [2.05, 4.69) is 20.8 Å². The third-order valence-electron chi connectivity index (χ3n) is 4.66. The molecule has 0 amide bonds. The van der Waals surface area contributed by atoms with Gasteiger partial charge in [-0.15, -0.1) is 0 Å². The van der Waals surface area contributed by atoms with Crippen molar-refractivity contribution in [2.45, 2.75) is 72.6 Å². The second-order valence-corrected chi connectivity index (χ2v) is 18.2. The fourth-order valence-corrected chi connectivity index (χ4v) is 16.5. The molecule has 4 heteroatoms. The first-order chi connectivity index (χ1) is 11.7. The zero-order valence-corrected chi connectivity index (χ0v) is 19.2. The van der Waals surface area contributed by atoms with Gasteiger partial charge in [0.2, 0.25) is 0 Å². The molecule has 0 fully saturated rings. The fraction of sp³-hybridized carbons (Fsp3) is 0.700. The Bertz CT molecular complexity index is 418. The van der Waals surface area contributed by atoms with Crippen molar-refractivity contribution >= 4 is 18.8 Å². The summed E-state index contributed by atoms with van der Waals surface area (Å²) in [5.74, 6) is 2.46. The first kappa shape index (κ1) is 21.5. The van der Waals surface area contributed by atoms with E-state index >= 15 is 0 Å². The quantitative estimate of drug-likeness (QED) is 0.329. The van der Waals surface area contributed by atoms with Crippen LogP contribution in [0.3, 0.4) is 0 Å². The fourth-order valence-electron chi connectivity index (χ4n) is 3.16. The summed E-state index contributed by atoms with van der Waals surface area (Å²) in [6.07, 6.45) is 7.55. The molecular weight excluding hydrogens is 407 g/mol. The summed E-state index contributed by atoms with van der Waals surface area (Å²) in [6, 6.07) is 5.92. The van der Waals surface area contributed by atoms with Crippen LogP contribution in [-0.2, 0) is 0 Å². The second kappa shape index (κ2) is 11.9. The molecule has 0 aliphatic carbocycles. The Hall–Kier alpha value is -0.581. The summed E-state index contributed by atoms with van der Waals surface area (Å²) in [4.78, 5) is 0. The number of hydrogen-bond acceptors (Lipinski definition) is 3. The van der Waals surface area contributed by atoms with Crippen molar-refractivity contribution in [2.24, 2.45) is 0 Å². The monoisotopic (exact) mass is 444 g/mol. The molecule has 0 spiro atoms. The molecule has 0 aliphatic rings. The van der Waals surface area contributed by atoms with Crippen molar-refractivity contribution in [1.29, 1.82) is 0 Å². The van der Waals surface area contributed by atoms with E-state index in [1.54, 1.807) is 14.2 Å². The van der Waals surface area contributed by atoms with Crippen molar-refractivity contribution in [3.8, 4) is 17.2 Å². The summed E-state index contributed by atoms with van der Waals surface area (Å²) in [5.41, 5.74) is 0. The van der Waals surface area contributed by atoms with E-state index in [0.29, 0.717) is 0 Å². The molecule has 0 aromatic heterocycles.